The first-order chi connectivity index (χ1) is 8.43. The molecule has 0 saturated carbocycles. The van der Waals surface area contributed by atoms with Gasteiger partial charge < -0.3 is 10.4 Å². The molecular formula is C11H13BrN2O4. The van der Waals surface area contributed by atoms with Crippen molar-refractivity contribution in [3.8, 4) is 0 Å². The van der Waals surface area contributed by atoms with Crippen LogP contribution in [0.15, 0.2) is 22.7 Å². The van der Waals surface area contributed by atoms with Crippen molar-refractivity contribution in [3.05, 3.63) is 32.8 Å². The number of nitro groups is 1. The van der Waals surface area contributed by atoms with Crippen LogP contribution < -0.4 is 5.32 Å². The predicted octanol–water partition coefficient (Wildman–Crippen LogP) is 3.02. The molecule has 0 aliphatic carbocycles. The molecular weight excluding hydrogens is 304 g/mol. The summed E-state index contributed by atoms with van der Waals surface area (Å²) in [7, 11) is 0. The highest BCUT2D eigenvalue weighted by atomic mass is 79.9. The lowest BCUT2D eigenvalue weighted by Gasteiger charge is -2.16. The summed E-state index contributed by atoms with van der Waals surface area (Å²) in [5.74, 6) is -0.936. The first kappa shape index (κ1) is 14.4. The van der Waals surface area contributed by atoms with Crippen LogP contribution in [-0.2, 0) is 4.79 Å². The maximum absolute atomic E-state index is 10.9. The van der Waals surface area contributed by atoms with Gasteiger partial charge in [-0.05, 0) is 18.6 Å². The van der Waals surface area contributed by atoms with Crippen molar-refractivity contribution in [2.24, 2.45) is 0 Å². The SMILES string of the molecule is CCC(CC(=O)O)Nc1ccc(Br)cc1[N+](=O)[O-]. The van der Waals surface area contributed by atoms with E-state index in [1.807, 2.05) is 6.92 Å². The van der Waals surface area contributed by atoms with Crippen LogP contribution in [0.5, 0.6) is 0 Å². The van der Waals surface area contributed by atoms with Gasteiger partial charge in [-0.3, -0.25) is 14.9 Å². The molecule has 0 fully saturated rings. The van der Waals surface area contributed by atoms with E-state index in [2.05, 4.69) is 21.2 Å². The molecule has 1 atom stereocenters. The van der Waals surface area contributed by atoms with Crippen LogP contribution in [0.3, 0.4) is 0 Å². The van der Waals surface area contributed by atoms with Gasteiger partial charge in [0.25, 0.3) is 5.69 Å². The Bertz CT molecular complexity index is 464. The van der Waals surface area contributed by atoms with Gasteiger partial charge in [-0.2, -0.15) is 0 Å². The lowest BCUT2D eigenvalue weighted by molar-refractivity contribution is -0.384. The largest absolute Gasteiger partial charge is 0.481 e. The van der Waals surface area contributed by atoms with Gasteiger partial charge in [0.1, 0.15) is 5.69 Å². The van der Waals surface area contributed by atoms with E-state index in [-0.39, 0.29) is 18.2 Å². The lowest BCUT2D eigenvalue weighted by atomic mass is 10.1. The van der Waals surface area contributed by atoms with Gasteiger partial charge >= 0.3 is 5.97 Å². The molecule has 0 bridgehead atoms. The van der Waals surface area contributed by atoms with Gasteiger partial charge in [0, 0.05) is 16.6 Å². The molecule has 1 unspecified atom stereocenters. The minimum absolute atomic E-state index is 0.0757. The molecule has 0 aromatic heterocycles. The number of hydrogen-bond donors (Lipinski definition) is 2. The summed E-state index contributed by atoms with van der Waals surface area (Å²) in [4.78, 5) is 21.0. The average molecular weight is 317 g/mol. The molecule has 1 rings (SSSR count). The molecule has 6 nitrogen and oxygen atoms in total. The molecule has 98 valence electrons. The molecule has 2 N–H and O–H groups in total. The average Bonchev–Trinajstić information content (AvgIpc) is 2.29. The number of anilines is 1. The fourth-order valence-electron chi connectivity index (χ4n) is 1.51. The van der Waals surface area contributed by atoms with Gasteiger partial charge in [-0.1, -0.05) is 22.9 Å². The summed E-state index contributed by atoms with van der Waals surface area (Å²) in [6, 6.07) is 4.29. The maximum Gasteiger partial charge on any atom is 0.305 e. The molecule has 0 aliphatic heterocycles. The number of carbonyl (C=O) groups is 1. The number of rotatable bonds is 6. The van der Waals surface area contributed by atoms with Gasteiger partial charge in [-0.25, -0.2) is 0 Å². The minimum Gasteiger partial charge on any atom is -0.481 e. The number of carboxylic acids is 1. The fraction of sp³-hybridized carbons (Fsp3) is 0.364. The molecule has 0 heterocycles. The second kappa shape index (κ2) is 6.34. The highest BCUT2D eigenvalue weighted by molar-refractivity contribution is 9.10. The van der Waals surface area contributed by atoms with Crippen LogP contribution in [0.4, 0.5) is 11.4 Å². The van der Waals surface area contributed by atoms with Crippen molar-refractivity contribution in [1.82, 2.24) is 0 Å². The number of aliphatic carboxylic acids is 1. The van der Waals surface area contributed by atoms with E-state index < -0.39 is 10.9 Å². The Morgan fingerprint density at radius 3 is 2.78 bits per heavy atom. The van der Waals surface area contributed by atoms with E-state index in [0.29, 0.717) is 16.6 Å². The van der Waals surface area contributed by atoms with E-state index in [9.17, 15) is 14.9 Å². The number of nitro benzene ring substituents is 1. The van der Waals surface area contributed by atoms with E-state index in [1.54, 1.807) is 12.1 Å². The van der Waals surface area contributed by atoms with Crippen LogP contribution in [0.25, 0.3) is 0 Å². The number of halogens is 1. The number of hydrogen-bond acceptors (Lipinski definition) is 4. The van der Waals surface area contributed by atoms with Crippen molar-refractivity contribution < 1.29 is 14.8 Å². The first-order valence-electron chi connectivity index (χ1n) is 5.36. The normalized spacial score (nSPS) is 11.9. The Balaban J connectivity index is 2.95. The molecule has 7 heteroatoms. The van der Waals surface area contributed by atoms with E-state index in [0.717, 1.165) is 0 Å². The Kier molecular flexibility index (Phi) is 5.08. The number of carboxylic acid groups (broad SMARTS) is 1. The molecule has 0 spiro atoms. The third kappa shape index (κ3) is 3.99. The zero-order chi connectivity index (χ0) is 13.7. The molecule has 18 heavy (non-hydrogen) atoms. The van der Waals surface area contributed by atoms with Gasteiger partial charge in [0.15, 0.2) is 0 Å². The standard InChI is InChI=1S/C11H13BrN2O4/c1-2-8(6-11(15)16)13-9-4-3-7(12)5-10(9)14(17)18/h3-5,8,13H,2,6H2,1H3,(H,15,16). The van der Waals surface area contributed by atoms with Crippen LogP contribution in [0.1, 0.15) is 19.8 Å². The summed E-state index contributed by atoms with van der Waals surface area (Å²) in [6.07, 6.45) is 0.489. The highest BCUT2D eigenvalue weighted by Gasteiger charge is 2.18. The van der Waals surface area contributed by atoms with E-state index in [1.165, 1.54) is 6.07 Å². The van der Waals surface area contributed by atoms with Gasteiger partial charge in [-0.15, -0.1) is 0 Å². The van der Waals surface area contributed by atoms with Crippen molar-refractivity contribution >= 4 is 33.3 Å². The fourth-order valence-corrected chi connectivity index (χ4v) is 1.86. The summed E-state index contributed by atoms with van der Waals surface area (Å²) in [6.45, 7) is 1.82. The molecule has 1 aromatic carbocycles. The van der Waals surface area contributed by atoms with Crippen molar-refractivity contribution in [1.29, 1.82) is 0 Å². The number of nitrogens with one attached hydrogen (secondary N) is 1. The minimum atomic E-state index is -0.936. The topological polar surface area (TPSA) is 92.5 Å². The van der Waals surface area contributed by atoms with Gasteiger partial charge in [0.2, 0.25) is 0 Å². The monoisotopic (exact) mass is 316 g/mol. The summed E-state index contributed by atoms with van der Waals surface area (Å²) in [5, 5.41) is 22.5. The highest BCUT2D eigenvalue weighted by Crippen LogP contribution is 2.29. The number of benzene rings is 1. The maximum atomic E-state index is 10.9. The molecule has 1 aromatic rings. The molecule has 0 amide bonds. The summed E-state index contributed by atoms with van der Waals surface area (Å²) in [5.41, 5.74) is 0.254. The van der Waals surface area contributed by atoms with Crippen LogP contribution >= 0.6 is 15.9 Å². The summed E-state index contributed by atoms with van der Waals surface area (Å²) < 4.78 is 0.603. The quantitative estimate of drug-likeness (QED) is 0.621. The zero-order valence-electron chi connectivity index (χ0n) is 9.72. The van der Waals surface area contributed by atoms with Crippen molar-refractivity contribution in [2.45, 2.75) is 25.8 Å². The van der Waals surface area contributed by atoms with Crippen LogP contribution in [0.2, 0.25) is 0 Å². The van der Waals surface area contributed by atoms with Crippen LogP contribution in [-0.4, -0.2) is 22.0 Å². The molecule has 0 aliphatic rings. The Morgan fingerprint density at radius 2 is 2.28 bits per heavy atom. The van der Waals surface area contributed by atoms with Gasteiger partial charge in [0.05, 0.1) is 11.3 Å². The zero-order valence-corrected chi connectivity index (χ0v) is 11.3. The Hall–Kier alpha value is -1.63. The smallest absolute Gasteiger partial charge is 0.305 e. The predicted molar refractivity (Wildman–Crippen MR) is 70.8 cm³/mol. The van der Waals surface area contributed by atoms with E-state index in [4.69, 9.17) is 5.11 Å². The summed E-state index contributed by atoms with van der Waals surface area (Å²) >= 11 is 3.16. The van der Waals surface area contributed by atoms with Crippen molar-refractivity contribution in [3.63, 3.8) is 0 Å². The number of nitrogens with zero attached hydrogens (tertiary/aromatic N) is 1. The van der Waals surface area contributed by atoms with E-state index >= 15 is 0 Å². The molecule has 0 radical (unpaired) electrons. The van der Waals surface area contributed by atoms with Crippen LogP contribution in [0, 0.1) is 10.1 Å². The second-order valence-corrected chi connectivity index (χ2v) is 4.68. The third-order valence-electron chi connectivity index (χ3n) is 2.43. The molecule has 0 saturated heterocycles. The third-order valence-corrected chi connectivity index (χ3v) is 2.92. The first-order valence-corrected chi connectivity index (χ1v) is 6.15. The Labute approximate surface area is 112 Å². The lowest BCUT2D eigenvalue weighted by Crippen LogP contribution is -2.22. The second-order valence-electron chi connectivity index (χ2n) is 3.77. The van der Waals surface area contributed by atoms with Crippen molar-refractivity contribution in [2.75, 3.05) is 5.32 Å². The Morgan fingerprint density at radius 1 is 1.61 bits per heavy atom.